The molecule has 1 fully saturated rings. The lowest BCUT2D eigenvalue weighted by Gasteiger charge is -2.14. The summed E-state index contributed by atoms with van der Waals surface area (Å²) in [7, 11) is -2.80. The van der Waals surface area contributed by atoms with Gasteiger partial charge in [0.1, 0.15) is 4.90 Å². The van der Waals surface area contributed by atoms with Crippen LogP contribution in [0.2, 0.25) is 5.02 Å². The number of para-hydroxylation sites is 1. The largest absolute Gasteiger partial charge is 0.493 e. The highest BCUT2D eigenvalue weighted by atomic mass is 35.5. The molecule has 3 aromatic rings. The van der Waals surface area contributed by atoms with Gasteiger partial charge in [-0.3, -0.25) is 14.5 Å². The number of ether oxygens (including phenoxy) is 1. The molecule has 3 aromatic carbocycles. The molecule has 0 aliphatic carbocycles. The highest BCUT2D eigenvalue weighted by molar-refractivity contribution is 8.18. The number of hydrogen-bond acceptors (Lipinski definition) is 7. The second-order valence-corrected chi connectivity index (χ2v) is 10.0. The monoisotopic (exact) mass is 515 g/mol. The molecule has 4 rings (SSSR count). The Kier molecular flexibility index (Phi) is 6.97. The van der Waals surface area contributed by atoms with E-state index in [0.29, 0.717) is 10.6 Å². The van der Waals surface area contributed by atoms with Gasteiger partial charge < -0.3 is 8.92 Å². The lowest BCUT2D eigenvalue weighted by molar-refractivity contribution is -0.123. The Morgan fingerprint density at radius 3 is 2.38 bits per heavy atom. The van der Waals surface area contributed by atoms with Gasteiger partial charge in [0.25, 0.3) is 11.1 Å². The number of carbonyl (C=O) groups is 2. The zero-order valence-electron chi connectivity index (χ0n) is 17.8. The van der Waals surface area contributed by atoms with Crippen LogP contribution in [0.5, 0.6) is 11.5 Å². The summed E-state index contributed by atoms with van der Waals surface area (Å²) >= 11 is 6.92. The van der Waals surface area contributed by atoms with Crippen molar-refractivity contribution in [2.24, 2.45) is 0 Å². The van der Waals surface area contributed by atoms with Crippen LogP contribution in [0.4, 0.5) is 4.79 Å². The van der Waals surface area contributed by atoms with E-state index in [1.807, 2.05) is 0 Å². The van der Waals surface area contributed by atoms with Crippen molar-refractivity contribution in [2.75, 3.05) is 7.11 Å². The van der Waals surface area contributed by atoms with Crippen molar-refractivity contribution >= 4 is 50.7 Å². The van der Waals surface area contributed by atoms with Crippen molar-refractivity contribution in [3.63, 3.8) is 0 Å². The first-order valence-electron chi connectivity index (χ1n) is 9.95. The SMILES string of the molecule is COc1cccc(/C=C2\SC(=O)N(Cc3ccccc3Cl)C2=O)c1OS(=O)(=O)c1ccccc1. The van der Waals surface area contributed by atoms with Crippen molar-refractivity contribution < 1.29 is 26.9 Å². The number of hydrogen-bond donors (Lipinski definition) is 0. The van der Waals surface area contributed by atoms with Gasteiger partial charge in [-0.2, -0.15) is 8.42 Å². The van der Waals surface area contributed by atoms with Crippen LogP contribution in [0, 0.1) is 0 Å². The maximum Gasteiger partial charge on any atom is 0.339 e. The van der Waals surface area contributed by atoms with Gasteiger partial charge in [0.15, 0.2) is 11.5 Å². The zero-order valence-corrected chi connectivity index (χ0v) is 20.2. The first kappa shape index (κ1) is 23.9. The highest BCUT2D eigenvalue weighted by Gasteiger charge is 2.35. The van der Waals surface area contributed by atoms with Gasteiger partial charge in [-0.15, -0.1) is 0 Å². The minimum Gasteiger partial charge on any atom is -0.493 e. The Bertz CT molecular complexity index is 1390. The van der Waals surface area contributed by atoms with Crippen LogP contribution >= 0.6 is 23.4 Å². The van der Waals surface area contributed by atoms with E-state index in [4.69, 9.17) is 20.5 Å². The van der Waals surface area contributed by atoms with E-state index in [-0.39, 0.29) is 33.4 Å². The van der Waals surface area contributed by atoms with Crippen LogP contribution in [0.15, 0.2) is 82.6 Å². The second kappa shape index (κ2) is 9.92. The van der Waals surface area contributed by atoms with Crippen LogP contribution in [0.3, 0.4) is 0 Å². The molecular formula is C24H18ClNO6S2. The average Bonchev–Trinajstić information content (AvgIpc) is 3.09. The summed E-state index contributed by atoms with van der Waals surface area (Å²) in [6.45, 7) is 0.0194. The van der Waals surface area contributed by atoms with E-state index < -0.39 is 21.3 Å². The van der Waals surface area contributed by atoms with E-state index in [1.54, 1.807) is 54.6 Å². The molecule has 0 aromatic heterocycles. The number of carbonyl (C=O) groups excluding carboxylic acids is 2. The van der Waals surface area contributed by atoms with Gasteiger partial charge in [-0.25, -0.2) is 0 Å². The third kappa shape index (κ3) is 4.96. The number of halogens is 1. The molecule has 0 spiro atoms. The zero-order chi connectivity index (χ0) is 24.3. The summed E-state index contributed by atoms with van der Waals surface area (Å²) in [6, 6.07) is 19.3. The second-order valence-electron chi connectivity index (χ2n) is 7.09. The predicted octanol–water partition coefficient (Wildman–Crippen LogP) is 5.35. The number of imide groups is 1. The molecule has 0 radical (unpaired) electrons. The average molecular weight is 516 g/mol. The number of nitrogens with zero attached hydrogens (tertiary/aromatic N) is 1. The minimum absolute atomic E-state index is 0.0194. The molecule has 0 N–H and O–H groups in total. The maximum atomic E-state index is 13.0. The fourth-order valence-corrected chi connectivity index (χ4v) is 5.23. The van der Waals surface area contributed by atoms with Crippen LogP contribution in [0.25, 0.3) is 6.08 Å². The van der Waals surface area contributed by atoms with Crippen molar-refractivity contribution in [1.82, 2.24) is 4.90 Å². The van der Waals surface area contributed by atoms with Crippen molar-refractivity contribution in [3.05, 3.63) is 93.9 Å². The Balaban J connectivity index is 1.67. The molecule has 174 valence electrons. The van der Waals surface area contributed by atoms with Gasteiger partial charge in [0, 0.05) is 10.6 Å². The fraction of sp³-hybridized carbons (Fsp3) is 0.0833. The molecule has 0 unspecified atom stereocenters. The standard InChI is InChI=1S/C24H18ClNO6S2/c1-31-20-13-7-9-16(22(20)32-34(29,30)18-10-3-2-4-11-18)14-21-23(27)26(24(28)33-21)15-17-8-5-6-12-19(17)25/h2-14H,15H2,1H3/b21-14-. The van der Waals surface area contributed by atoms with Gasteiger partial charge in [-0.05, 0) is 47.7 Å². The van der Waals surface area contributed by atoms with E-state index in [2.05, 4.69) is 0 Å². The summed E-state index contributed by atoms with van der Waals surface area (Å²) in [6.07, 6.45) is 1.41. The third-order valence-corrected chi connectivity index (χ3v) is 7.41. The topological polar surface area (TPSA) is 90.0 Å². The highest BCUT2D eigenvalue weighted by Crippen LogP contribution is 2.39. The van der Waals surface area contributed by atoms with E-state index in [9.17, 15) is 18.0 Å². The Morgan fingerprint density at radius 2 is 1.68 bits per heavy atom. The fourth-order valence-electron chi connectivity index (χ4n) is 3.22. The number of benzene rings is 3. The lowest BCUT2D eigenvalue weighted by Crippen LogP contribution is -2.27. The van der Waals surface area contributed by atoms with Crippen molar-refractivity contribution in [1.29, 1.82) is 0 Å². The Morgan fingerprint density at radius 1 is 0.971 bits per heavy atom. The molecule has 1 aliphatic rings. The third-order valence-electron chi connectivity index (χ3n) is 4.90. The molecule has 0 saturated carbocycles. The smallest absolute Gasteiger partial charge is 0.339 e. The summed E-state index contributed by atoms with van der Waals surface area (Å²) in [4.78, 5) is 26.7. The molecular weight excluding hydrogens is 498 g/mol. The number of methoxy groups -OCH3 is 1. The van der Waals surface area contributed by atoms with Crippen molar-refractivity contribution in [2.45, 2.75) is 11.4 Å². The Hall–Kier alpha value is -3.27. The van der Waals surface area contributed by atoms with Gasteiger partial charge in [0.2, 0.25) is 0 Å². The molecule has 10 heteroatoms. The van der Waals surface area contributed by atoms with Gasteiger partial charge in [-0.1, -0.05) is 60.1 Å². The summed E-state index contributed by atoms with van der Waals surface area (Å²) < 4.78 is 36.3. The molecule has 0 bridgehead atoms. The number of rotatable bonds is 7. The first-order valence-corrected chi connectivity index (χ1v) is 12.6. The molecule has 34 heavy (non-hydrogen) atoms. The summed E-state index contributed by atoms with van der Waals surface area (Å²) in [5.74, 6) is -0.454. The lowest BCUT2D eigenvalue weighted by atomic mass is 10.1. The van der Waals surface area contributed by atoms with E-state index >= 15 is 0 Å². The molecule has 2 amide bonds. The summed E-state index contributed by atoms with van der Waals surface area (Å²) in [5.41, 5.74) is 0.897. The van der Waals surface area contributed by atoms with E-state index in [1.165, 1.54) is 31.4 Å². The molecule has 7 nitrogen and oxygen atoms in total. The first-order chi connectivity index (χ1) is 16.3. The molecule has 1 aliphatic heterocycles. The predicted molar refractivity (Wildman–Crippen MR) is 130 cm³/mol. The van der Waals surface area contributed by atoms with Crippen LogP contribution in [-0.4, -0.2) is 31.6 Å². The Labute approximate surface area is 206 Å². The maximum absolute atomic E-state index is 13.0. The van der Waals surface area contributed by atoms with Crippen LogP contribution in [-0.2, 0) is 21.5 Å². The molecule has 1 heterocycles. The van der Waals surface area contributed by atoms with Gasteiger partial charge >= 0.3 is 10.1 Å². The minimum atomic E-state index is -4.18. The molecule has 1 saturated heterocycles. The summed E-state index contributed by atoms with van der Waals surface area (Å²) in [5, 5.41) is -0.0152. The van der Waals surface area contributed by atoms with Gasteiger partial charge in [0.05, 0.1) is 18.6 Å². The van der Waals surface area contributed by atoms with Crippen LogP contribution in [0.1, 0.15) is 11.1 Å². The van der Waals surface area contributed by atoms with E-state index in [0.717, 1.165) is 16.7 Å². The number of thioether (sulfide) groups is 1. The van der Waals surface area contributed by atoms with Crippen molar-refractivity contribution in [3.8, 4) is 11.5 Å². The normalized spacial score (nSPS) is 15.1. The number of amides is 2. The molecule has 0 atom stereocenters. The quantitative estimate of drug-likeness (QED) is 0.309. The van der Waals surface area contributed by atoms with Crippen LogP contribution < -0.4 is 8.92 Å².